The van der Waals surface area contributed by atoms with Gasteiger partial charge in [-0.25, -0.2) is 0 Å². The van der Waals surface area contributed by atoms with Crippen LogP contribution in [-0.2, 0) is 0 Å². The number of carbonyl (C=O) groups is 1. The molecule has 0 bridgehead atoms. The first-order valence-electron chi connectivity index (χ1n) is 8.49. The quantitative estimate of drug-likeness (QED) is 0.479. The molecule has 22 heavy (non-hydrogen) atoms. The van der Waals surface area contributed by atoms with Crippen LogP contribution in [0.5, 0.6) is 0 Å². The standard InChI is InChI=1S/C21H24O/c1-2-3-5-10-19-15-20(19)16-11-13-18(14-12-16)21(22)17-8-6-4-7-9-17/h4,6-9,11-14,19-20H,2-3,5,10,15H2,1H3/t19-,20+/m0/s1. The van der Waals surface area contributed by atoms with Crippen molar-refractivity contribution in [3.63, 3.8) is 0 Å². The van der Waals surface area contributed by atoms with E-state index >= 15 is 0 Å². The minimum atomic E-state index is 0.113. The first-order chi connectivity index (χ1) is 10.8. The van der Waals surface area contributed by atoms with Crippen LogP contribution in [0.2, 0.25) is 0 Å². The molecular weight excluding hydrogens is 268 g/mol. The van der Waals surface area contributed by atoms with Crippen molar-refractivity contribution in [1.29, 1.82) is 0 Å². The van der Waals surface area contributed by atoms with Crippen LogP contribution >= 0.6 is 0 Å². The average Bonchev–Trinajstić information content (AvgIpc) is 3.35. The number of ketones is 1. The molecule has 0 heterocycles. The second-order valence-corrected chi connectivity index (χ2v) is 6.42. The van der Waals surface area contributed by atoms with Gasteiger partial charge in [-0.3, -0.25) is 4.79 Å². The van der Waals surface area contributed by atoms with Crippen molar-refractivity contribution in [2.75, 3.05) is 0 Å². The number of carbonyl (C=O) groups excluding carboxylic acids is 1. The van der Waals surface area contributed by atoms with Crippen molar-refractivity contribution in [3.05, 3.63) is 71.3 Å². The second-order valence-electron chi connectivity index (χ2n) is 6.42. The molecule has 0 saturated heterocycles. The fraction of sp³-hybridized carbons (Fsp3) is 0.381. The highest BCUT2D eigenvalue weighted by atomic mass is 16.1. The van der Waals surface area contributed by atoms with Gasteiger partial charge in [-0.1, -0.05) is 80.8 Å². The van der Waals surface area contributed by atoms with E-state index < -0.39 is 0 Å². The van der Waals surface area contributed by atoms with E-state index in [4.69, 9.17) is 0 Å². The number of benzene rings is 2. The van der Waals surface area contributed by atoms with Gasteiger partial charge in [0.15, 0.2) is 5.78 Å². The van der Waals surface area contributed by atoms with Gasteiger partial charge in [0.25, 0.3) is 0 Å². The maximum atomic E-state index is 12.4. The molecule has 1 fully saturated rings. The Bertz CT molecular complexity index is 612. The molecule has 0 aromatic heterocycles. The molecule has 0 unspecified atom stereocenters. The predicted molar refractivity (Wildman–Crippen MR) is 91.3 cm³/mol. The van der Waals surface area contributed by atoms with Gasteiger partial charge in [0.2, 0.25) is 0 Å². The summed E-state index contributed by atoms with van der Waals surface area (Å²) in [4.78, 5) is 12.4. The fourth-order valence-electron chi connectivity index (χ4n) is 3.27. The SMILES string of the molecule is CCCCC[C@H]1C[C@@H]1c1ccc(C(=O)c2ccccc2)cc1. The number of hydrogen-bond acceptors (Lipinski definition) is 1. The largest absolute Gasteiger partial charge is 0.289 e. The van der Waals surface area contributed by atoms with E-state index in [0.29, 0.717) is 0 Å². The molecule has 0 aliphatic heterocycles. The van der Waals surface area contributed by atoms with E-state index in [0.717, 1.165) is 23.0 Å². The molecule has 0 N–H and O–H groups in total. The van der Waals surface area contributed by atoms with Crippen LogP contribution in [0.4, 0.5) is 0 Å². The smallest absolute Gasteiger partial charge is 0.193 e. The predicted octanol–water partition coefficient (Wildman–Crippen LogP) is 5.60. The first-order valence-corrected chi connectivity index (χ1v) is 8.49. The number of hydrogen-bond donors (Lipinski definition) is 0. The lowest BCUT2D eigenvalue weighted by molar-refractivity contribution is 0.103. The van der Waals surface area contributed by atoms with Gasteiger partial charge in [-0.15, -0.1) is 0 Å². The molecule has 114 valence electrons. The zero-order valence-corrected chi connectivity index (χ0v) is 13.3. The van der Waals surface area contributed by atoms with Gasteiger partial charge < -0.3 is 0 Å². The van der Waals surface area contributed by atoms with E-state index in [9.17, 15) is 4.79 Å². The highest BCUT2D eigenvalue weighted by Crippen LogP contribution is 2.50. The van der Waals surface area contributed by atoms with Gasteiger partial charge in [0, 0.05) is 11.1 Å². The van der Waals surface area contributed by atoms with Crippen molar-refractivity contribution >= 4 is 5.78 Å². The average molecular weight is 292 g/mol. The van der Waals surface area contributed by atoms with Crippen molar-refractivity contribution in [2.45, 2.75) is 44.9 Å². The summed E-state index contributed by atoms with van der Waals surface area (Å²) in [6.07, 6.45) is 6.71. The highest BCUT2D eigenvalue weighted by molar-refractivity contribution is 6.08. The maximum absolute atomic E-state index is 12.4. The van der Waals surface area contributed by atoms with Crippen LogP contribution in [0.25, 0.3) is 0 Å². The van der Waals surface area contributed by atoms with E-state index in [1.807, 2.05) is 42.5 Å². The molecular formula is C21H24O. The number of unbranched alkanes of at least 4 members (excludes halogenated alkanes) is 2. The molecule has 1 heteroatoms. The molecule has 0 spiro atoms. The lowest BCUT2D eigenvalue weighted by Gasteiger charge is -2.04. The summed E-state index contributed by atoms with van der Waals surface area (Å²) in [5, 5.41) is 0. The van der Waals surface area contributed by atoms with E-state index in [1.54, 1.807) is 0 Å². The fourth-order valence-corrected chi connectivity index (χ4v) is 3.27. The Balaban J connectivity index is 1.61. The lowest BCUT2D eigenvalue weighted by atomic mass is 10.00. The van der Waals surface area contributed by atoms with E-state index in [2.05, 4.69) is 19.1 Å². The van der Waals surface area contributed by atoms with E-state index in [-0.39, 0.29) is 5.78 Å². The lowest BCUT2D eigenvalue weighted by Crippen LogP contribution is -2.00. The van der Waals surface area contributed by atoms with Gasteiger partial charge in [0.05, 0.1) is 0 Å². The minimum absolute atomic E-state index is 0.113. The summed E-state index contributed by atoms with van der Waals surface area (Å²) in [5.41, 5.74) is 2.96. The Morgan fingerprint density at radius 3 is 2.32 bits per heavy atom. The Kier molecular flexibility index (Phi) is 4.72. The topological polar surface area (TPSA) is 17.1 Å². The molecule has 3 rings (SSSR count). The molecule has 2 atom stereocenters. The monoisotopic (exact) mass is 292 g/mol. The van der Waals surface area contributed by atoms with Gasteiger partial charge >= 0.3 is 0 Å². The summed E-state index contributed by atoms with van der Waals surface area (Å²) in [6.45, 7) is 2.26. The van der Waals surface area contributed by atoms with Gasteiger partial charge in [-0.05, 0) is 30.2 Å². The summed E-state index contributed by atoms with van der Waals surface area (Å²) < 4.78 is 0. The van der Waals surface area contributed by atoms with Crippen LogP contribution < -0.4 is 0 Å². The molecule has 1 nitrogen and oxygen atoms in total. The van der Waals surface area contributed by atoms with Crippen LogP contribution in [-0.4, -0.2) is 5.78 Å². The molecule has 1 aliphatic carbocycles. The third-order valence-corrected chi connectivity index (χ3v) is 4.74. The minimum Gasteiger partial charge on any atom is -0.289 e. The third-order valence-electron chi connectivity index (χ3n) is 4.74. The van der Waals surface area contributed by atoms with Crippen molar-refractivity contribution < 1.29 is 4.79 Å². The Morgan fingerprint density at radius 2 is 1.64 bits per heavy atom. The van der Waals surface area contributed by atoms with Crippen molar-refractivity contribution in [2.24, 2.45) is 5.92 Å². The maximum Gasteiger partial charge on any atom is 0.193 e. The molecule has 2 aromatic rings. The molecule has 1 aliphatic rings. The third kappa shape index (κ3) is 3.47. The van der Waals surface area contributed by atoms with Crippen LogP contribution in [0.3, 0.4) is 0 Å². The Hall–Kier alpha value is -1.89. The van der Waals surface area contributed by atoms with E-state index in [1.165, 1.54) is 37.7 Å². The first kappa shape index (κ1) is 15.0. The number of rotatable bonds is 7. The Morgan fingerprint density at radius 1 is 0.955 bits per heavy atom. The summed E-state index contributed by atoms with van der Waals surface area (Å²) in [5.74, 6) is 1.72. The van der Waals surface area contributed by atoms with Gasteiger partial charge in [0.1, 0.15) is 0 Å². The normalized spacial score (nSPS) is 19.9. The summed E-state index contributed by atoms with van der Waals surface area (Å²) in [6, 6.07) is 17.8. The zero-order valence-electron chi connectivity index (χ0n) is 13.3. The van der Waals surface area contributed by atoms with Crippen molar-refractivity contribution in [1.82, 2.24) is 0 Å². The molecule has 0 amide bonds. The molecule has 1 saturated carbocycles. The van der Waals surface area contributed by atoms with Crippen LogP contribution in [0, 0.1) is 5.92 Å². The van der Waals surface area contributed by atoms with Gasteiger partial charge in [-0.2, -0.15) is 0 Å². The Labute approximate surface area is 133 Å². The molecule has 0 radical (unpaired) electrons. The second kappa shape index (κ2) is 6.91. The summed E-state index contributed by atoms with van der Waals surface area (Å²) >= 11 is 0. The van der Waals surface area contributed by atoms with Crippen LogP contribution in [0.15, 0.2) is 54.6 Å². The van der Waals surface area contributed by atoms with Crippen LogP contribution in [0.1, 0.15) is 66.4 Å². The molecule has 2 aromatic carbocycles. The highest BCUT2D eigenvalue weighted by Gasteiger charge is 2.37. The van der Waals surface area contributed by atoms with Crippen molar-refractivity contribution in [3.8, 4) is 0 Å². The summed E-state index contributed by atoms with van der Waals surface area (Å²) in [7, 11) is 0. The zero-order chi connectivity index (χ0) is 15.4.